The molecular weight excluding hydrogens is 582 g/mol. The number of amides is 2. The number of nitrogens with zero attached hydrogens (tertiary/aromatic N) is 2. The van der Waals surface area contributed by atoms with Crippen LogP contribution in [0.3, 0.4) is 0 Å². The lowest BCUT2D eigenvalue weighted by Crippen LogP contribution is -2.28. The van der Waals surface area contributed by atoms with Crippen LogP contribution in [-0.2, 0) is 14.2 Å². The molecule has 3 atom stereocenters. The van der Waals surface area contributed by atoms with Gasteiger partial charge in [-0.15, -0.1) is 11.6 Å². The third-order valence-electron chi connectivity index (χ3n) is 6.67. The predicted molar refractivity (Wildman–Crippen MR) is 161 cm³/mol. The second-order valence-electron chi connectivity index (χ2n) is 9.85. The second-order valence-corrected chi connectivity index (χ2v) is 10.2. The topological polar surface area (TPSA) is 187 Å². The molecule has 0 radical (unpaired) electrons. The molecule has 0 aliphatic carbocycles. The quantitative estimate of drug-likeness (QED) is 0.120. The molecule has 43 heavy (non-hydrogen) atoms. The summed E-state index contributed by atoms with van der Waals surface area (Å²) in [6.45, 7) is 1.96. The molecule has 2 amide bonds. The minimum atomic E-state index is -0.925. The maximum atomic E-state index is 12.6. The molecule has 14 heteroatoms. The minimum absolute atomic E-state index is 0.0531. The molecular formula is C29H40ClN5O8. The van der Waals surface area contributed by atoms with Crippen LogP contribution in [0.5, 0.6) is 0 Å². The number of hydrogen-bond donors (Lipinski definition) is 5. The lowest BCUT2D eigenvalue weighted by Gasteiger charge is -2.15. The van der Waals surface area contributed by atoms with Gasteiger partial charge in [-0.25, -0.2) is 4.79 Å². The van der Waals surface area contributed by atoms with E-state index >= 15 is 0 Å². The van der Waals surface area contributed by atoms with Gasteiger partial charge in [-0.1, -0.05) is 12.8 Å². The number of nitrogens with two attached hydrogens (primary N) is 1. The Morgan fingerprint density at radius 2 is 1.74 bits per heavy atom. The molecule has 1 aromatic carbocycles. The number of nitrogens with one attached hydrogen (secondary N) is 2. The van der Waals surface area contributed by atoms with Crippen LogP contribution in [0.2, 0.25) is 0 Å². The monoisotopic (exact) mass is 621 g/mol. The van der Waals surface area contributed by atoms with Gasteiger partial charge in [0.25, 0.3) is 11.8 Å². The number of aliphatic hydroxyl groups excluding tert-OH is 2. The van der Waals surface area contributed by atoms with Crippen LogP contribution in [0.1, 0.15) is 64.6 Å². The summed E-state index contributed by atoms with van der Waals surface area (Å²) in [5.74, 6) is -0.0693. The summed E-state index contributed by atoms with van der Waals surface area (Å²) in [5, 5.41) is 24.6. The Balaban J connectivity index is 1.39. The molecule has 1 aromatic heterocycles. The fraction of sp³-hybridized carbons (Fsp3) is 0.517. The number of aliphatic hydroxyl groups is 2. The molecule has 0 spiro atoms. The van der Waals surface area contributed by atoms with Gasteiger partial charge in [-0.05, 0) is 43.2 Å². The Kier molecular flexibility index (Phi) is 14.6. The predicted octanol–water partition coefficient (Wildman–Crippen LogP) is 1.43. The third-order valence-corrected chi connectivity index (χ3v) is 6.94. The average Bonchev–Trinajstić information content (AvgIpc) is 3.38. The highest BCUT2D eigenvalue weighted by molar-refractivity contribution is 6.17. The Bertz CT molecular complexity index is 1260. The number of aromatic nitrogens is 2. The molecule has 1 aliphatic rings. The van der Waals surface area contributed by atoms with Gasteiger partial charge in [0.2, 0.25) is 0 Å². The molecule has 2 heterocycles. The van der Waals surface area contributed by atoms with E-state index in [0.29, 0.717) is 55.5 Å². The maximum absolute atomic E-state index is 12.6. The molecule has 236 valence electrons. The van der Waals surface area contributed by atoms with Gasteiger partial charge < -0.3 is 40.8 Å². The summed E-state index contributed by atoms with van der Waals surface area (Å²) in [6, 6.07) is 6.14. The van der Waals surface area contributed by atoms with E-state index in [1.165, 1.54) is 35.2 Å². The Morgan fingerprint density at radius 1 is 1.07 bits per heavy atom. The van der Waals surface area contributed by atoms with Gasteiger partial charge in [-0.3, -0.25) is 14.2 Å². The summed E-state index contributed by atoms with van der Waals surface area (Å²) in [4.78, 5) is 41.0. The average molecular weight is 622 g/mol. The van der Waals surface area contributed by atoms with E-state index in [0.717, 1.165) is 25.7 Å². The summed E-state index contributed by atoms with van der Waals surface area (Å²) in [6.07, 6.45) is 6.03. The highest BCUT2D eigenvalue weighted by Crippen LogP contribution is 2.28. The van der Waals surface area contributed by atoms with Crippen molar-refractivity contribution in [2.24, 2.45) is 0 Å². The number of benzene rings is 1. The zero-order valence-electron chi connectivity index (χ0n) is 24.0. The van der Waals surface area contributed by atoms with Crippen molar-refractivity contribution in [2.45, 2.75) is 50.5 Å². The molecule has 1 fully saturated rings. The van der Waals surface area contributed by atoms with E-state index in [1.54, 1.807) is 12.1 Å². The number of anilines is 1. The largest absolute Gasteiger partial charge is 0.394 e. The standard InChI is InChI=1S/C29H40ClN5O8/c30-10-3-1-2-4-13-41-15-16-42-14-12-33-28(39)21-7-5-20(6-8-21)27(38)32-11-9-22-18-35(29(40)34-26(22)31)25-17-23(37)24(19-36)43-25/h5-9,11,18,23-25,36-37H,1-4,10,12-17,19H2,(H,32,38)(H,33,39)(H2,31,34,40). The van der Waals surface area contributed by atoms with E-state index in [1.807, 2.05) is 0 Å². The molecule has 1 aliphatic heterocycles. The molecule has 3 unspecified atom stereocenters. The number of carbonyl (C=O) groups excluding carboxylic acids is 2. The van der Waals surface area contributed by atoms with E-state index in [9.17, 15) is 24.6 Å². The first-order chi connectivity index (χ1) is 20.8. The zero-order chi connectivity index (χ0) is 31.0. The van der Waals surface area contributed by atoms with Crippen LogP contribution < -0.4 is 22.1 Å². The van der Waals surface area contributed by atoms with Crippen LogP contribution >= 0.6 is 11.6 Å². The van der Waals surface area contributed by atoms with Gasteiger partial charge in [0, 0.05) is 54.5 Å². The number of alkyl halides is 1. The van der Waals surface area contributed by atoms with Crippen LogP contribution in [0.25, 0.3) is 6.08 Å². The Hall–Kier alpha value is -3.33. The number of unbranched alkanes of at least 4 members (excludes halogenated alkanes) is 3. The SMILES string of the molecule is Nc1nc(=O)n(C2CC(O)C(CO)O2)cc1C=CNC(=O)c1ccc(C(=O)NCCOCCOCCCCCCCl)cc1. The smallest absolute Gasteiger partial charge is 0.351 e. The number of hydrogen-bond acceptors (Lipinski definition) is 10. The molecule has 3 rings (SSSR count). The summed E-state index contributed by atoms with van der Waals surface area (Å²) >= 11 is 5.65. The van der Waals surface area contributed by atoms with E-state index in [4.69, 9.17) is 31.5 Å². The van der Waals surface area contributed by atoms with Gasteiger partial charge in [0.1, 0.15) is 18.1 Å². The highest BCUT2D eigenvalue weighted by atomic mass is 35.5. The maximum Gasteiger partial charge on any atom is 0.351 e. The molecule has 6 N–H and O–H groups in total. The molecule has 0 bridgehead atoms. The van der Waals surface area contributed by atoms with Crippen molar-refractivity contribution in [3.05, 3.63) is 63.8 Å². The number of ether oxygens (including phenoxy) is 3. The fourth-order valence-corrected chi connectivity index (χ4v) is 4.45. The minimum Gasteiger partial charge on any atom is -0.394 e. The van der Waals surface area contributed by atoms with Crippen molar-refractivity contribution < 1.29 is 34.0 Å². The molecule has 13 nitrogen and oxygen atoms in total. The number of rotatable bonds is 18. The Labute approximate surface area is 255 Å². The summed E-state index contributed by atoms with van der Waals surface area (Å²) in [5.41, 5.74) is 6.25. The van der Waals surface area contributed by atoms with Gasteiger partial charge >= 0.3 is 5.69 Å². The highest BCUT2D eigenvalue weighted by Gasteiger charge is 2.35. The first-order valence-electron chi connectivity index (χ1n) is 14.2. The van der Waals surface area contributed by atoms with Crippen LogP contribution in [0, 0.1) is 0 Å². The van der Waals surface area contributed by atoms with E-state index in [2.05, 4.69) is 15.6 Å². The zero-order valence-corrected chi connectivity index (χ0v) is 24.7. The first kappa shape index (κ1) is 34.2. The van der Waals surface area contributed by atoms with Crippen LogP contribution in [0.4, 0.5) is 5.82 Å². The van der Waals surface area contributed by atoms with Crippen molar-refractivity contribution in [3.8, 4) is 0 Å². The van der Waals surface area contributed by atoms with Crippen molar-refractivity contribution in [1.82, 2.24) is 20.2 Å². The van der Waals surface area contributed by atoms with Crippen molar-refractivity contribution in [2.75, 3.05) is 51.2 Å². The number of halogens is 1. The van der Waals surface area contributed by atoms with E-state index < -0.39 is 30.0 Å². The third kappa shape index (κ3) is 11.0. The van der Waals surface area contributed by atoms with Gasteiger partial charge in [0.05, 0.1) is 32.5 Å². The molecule has 0 saturated carbocycles. The van der Waals surface area contributed by atoms with Crippen molar-refractivity contribution in [1.29, 1.82) is 0 Å². The molecule has 2 aromatic rings. The second kappa shape index (κ2) is 18.4. The summed E-state index contributed by atoms with van der Waals surface area (Å²) in [7, 11) is 0. The fourth-order valence-electron chi connectivity index (χ4n) is 4.26. The lowest BCUT2D eigenvalue weighted by molar-refractivity contribution is -0.0458. The lowest BCUT2D eigenvalue weighted by atomic mass is 10.1. The summed E-state index contributed by atoms with van der Waals surface area (Å²) < 4.78 is 17.7. The van der Waals surface area contributed by atoms with Crippen LogP contribution in [-0.4, -0.2) is 89.2 Å². The number of carbonyl (C=O) groups is 2. The van der Waals surface area contributed by atoms with Gasteiger partial charge in [0.15, 0.2) is 0 Å². The van der Waals surface area contributed by atoms with Gasteiger partial charge in [-0.2, -0.15) is 4.98 Å². The number of nitrogen functional groups attached to an aromatic ring is 1. The normalized spacial score (nSPS) is 18.3. The van der Waals surface area contributed by atoms with Crippen LogP contribution in [0.15, 0.2) is 41.5 Å². The first-order valence-corrected chi connectivity index (χ1v) is 14.8. The Morgan fingerprint density at radius 3 is 2.42 bits per heavy atom. The molecule has 1 saturated heterocycles. The van der Waals surface area contributed by atoms with Crippen molar-refractivity contribution in [3.63, 3.8) is 0 Å². The van der Waals surface area contributed by atoms with E-state index in [-0.39, 0.29) is 24.8 Å². The van der Waals surface area contributed by atoms with Crippen molar-refractivity contribution >= 4 is 35.3 Å².